The van der Waals surface area contributed by atoms with Gasteiger partial charge in [0.2, 0.25) is 0 Å². The molecule has 0 nitrogen and oxygen atoms in total. The van der Waals surface area contributed by atoms with Crippen LogP contribution in [-0.2, 0) is 0 Å². The third kappa shape index (κ3) is 10.9. The van der Waals surface area contributed by atoms with Crippen molar-refractivity contribution in [3.63, 3.8) is 0 Å². The van der Waals surface area contributed by atoms with Gasteiger partial charge in [0, 0.05) is 0 Å². The zero-order valence-corrected chi connectivity index (χ0v) is 11.9. The summed E-state index contributed by atoms with van der Waals surface area (Å²) in [5.41, 5.74) is 0. The Bertz CT molecular complexity index is 105. The maximum atomic E-state index is 3.71. The van der Waals surface area contributed by atoms with Crippen LogP contribution in [0.15, 0.2) is 12.7 Å². The van der Waals surface area contributed by atoms with Gasteiger partial charge in [-0.1, -0.05) is 31.8 Å². The molecule has 12 heavy (non-hydrogen) atoms. The first-order chi connectivity index (χ1) is 5.77. The number of allylic oxidation sites excluding steroid dienone is 1. The molecule has 3 heteroatoms. The fourth-order valence-electron chi connectivity index (χ4n) is 1.12. The van der Waals surface area contributed by atoms with E-state index in [1.165, 1.54) is 44.6 Å². The minimum absolute atomic E-state index is 0.627. The molecule has 0 radical (unpaired) electrons. The maximum Gasteiger partial charge on any atom is 0.186 e. The Morgan fingerprint density at radius 3 is 2.17 bits per heavy atom. The molecular formula is C9H18Br2Si. The van der Waals surface area contributed by atoms with E-state index in [-0.39, 0.29) is 0 Å². The Morgan fingerprint density at radius 1 is 1.00 bits per heavy atom. The van der Waals surface area contributed by atoms with Crippen LogP contribution >= 0.6 is 30.6 Å². The molecule has 0 aliphatic heterocycles. The van der Waals surface area contributed by atoms with E-state index in [0.717, 1.165) is 0 Å². The SMILES string of the molecule is C=CCCCCCCC[SiH](Br)Br. The summed E-state index contributed by atoms with van der Waals surface area (Å²) in [6, 6.07) is 0.750. The summed E-state index contributed by atoms with van der Waals surface area (Å²) < 4.78 is 0. The van der Waals surface area contributed by atoms with Crippen molar-refractivity contribution in [3.05, 3.63) is 12.7 Å². The molecule has 0 saturated carbocycles. The van der Waals surface area contributed by atoms with Crippen LogP contribution in [0.1, 0.15) is 38.5 Å². The molecule has 0 amide bonds. The lowest BCUT2D eigenvalue weighted by molar-refractivity contribution is 0.637. The van der Waals surface area contributed by atoms with E-state index in [1.54, 1.807) is 0 Å². The minimum Gasteiger partial charge on any atom is -0.116 e. The van der Waals surface area contributed by atoms with Crippen LogP contribution in [0.2, 0.25) is 6.04 Å². The number of rotatable bonds is 8. The van der Waals surface area contributed by atoms with E-state index in [4.69, 9.17) is 0 Å². The summed E-state index contributed by atoms with van der Waals surface area (Å²) in [6.45, 7) is 3.71. The smallest absolute Gasteiger partial charge is 0.116 e. The fourth-order valence-corrected chi connectivity index (χ4v) is 3.66. The first kappa shape index (κ1) is 12.9. The van der Waals surface area contributed by atoms with Crippen LogP contribution in [0.3, 0.4) is 0 Å². The van der Waals surface area contributed by atoms with Crippen LogP contribution < -0.4 is 0 Å². The lowest BCUT2D eigenvalue weighted by Gasteiger charge is -2.00. The average molecular weight is 314 g/mol. The van der Waals surface area contributed by atoms with Gasteiger partial charge in [0.05, 0.1) is 0 Å². The molecule has 0 aromatic heterocycles. The quantitative estimate of drug-likeness (QED) is 0.267. The van der Waals surface area contributed by atoms with Gasteiger partial charge >= 0.3 is 0 Å². The molecule has 0 spiro atoms. The van der Waals surface area contributed by atoms with Crippen molar-refractivity contribution in [3.8, 4) is 0 Å². The van der Waals surface area contributed by atoms with Gasteiger partial charge in [-0.3, -0.25) is 0 Å². The Labute approximate surface area is 93.6 Å². The first-order valence-corrected chi connectivity index (χ1v) is 11.8. The van der Waals surface area contributed by atoms with Crippen LogP contribution in [0, 0.1) is 0 Å². The number of unbranched alkanes of at least 4 members (excludes halogenated alkanes) is 5. The van der Waals surface area contributed by atoms with Crippen molar-refractivity contribution >= 4 is 36.6 Å². The summed E-state index contributed by atoms with van der Waals surface area (Å²) in [6.07, 6.45) is 10.1. The van der Waals surface area contributed by atoms with Crippen molar-refractivity contribution in [1.29, 1.82) is 0 Å². The van der Waals surface area contributed by atoms with Crippen molar-refractivity contribution in [2.75, 3.05) is 0 Å². The summed E-state index contributed by atoms with van der Waals surface area (Å²) in [5.74, 6) is 0. The minimum atomic E-state index is -0.627. The number of hydrogen-bond donors (Lipinski definition) is 0. The van der Waals surface area contributed by atoms with E-state index in [2.05, 4.69) is 37.2 Å². The van der Waals surface area contributed by atoms with E-state index in [9.17, 15) is 0 Å². The van der Waals surface area contributed by atoms with Gasteiger partial charge in [-0.25, -0.2) is 0 Å². The number of hydrogen-bond acceptors (Lipinski definition) is 0. The van der Waals surface area contributed by atoms with Crippen molar-refractivity contribution in [2.24, 2.45) is 0 Å². The Morgan fingerprint density at radius 2 is 1.58 bits per heavy atom. The normalized spacial score (nSPS) is 10.6. The van der Waals surface area contributed by atoms with Crippen molar-refractivity contribution in [2.45, 2.75) is 44.6 Å². The molecule has 0 aromatic carbocycles. The molecule has 0 aliphatic rings. The monoisotopic (exact) mass is 312 g/mol. The highest BCUT2D eigenvalue weighted by Gasteiger charge is 1.98. The van der Waals surface area contributed by atoms with E-state index < -0.39 is 6.04 Å². The first-order valence-electron chi connectivity index (χ1n) is 4.66. The topological polar surface area (TPSA) is 0 Å². The molecule has 0 aliphatic carbocycles. The van der Waals surface area contributed by atoms with Gasteiger partial charge in [-0.2, -0.15) is 0 Å². The van der Waals surface area contributed by atoms with E-state index >= 15 is 0 Å². The van der Waals surface area contributed by atoms with Crippen molar-refractivity contribution in [1.82, 2.24) is 0 Å². The molecule has 0 aromatic rings. The van der Waals surface area contributed by atoms with E-state index in [0.29, 0.717) is 0 Å². The van der Waals surface area contributed by atoms with Gasteiger partial charge in [0.15, 0.2) is 6.04 Å². The second-order valence-electron chi connectivity index (χ2n) is 3.02. The molecule has 0 N–H and O–H groups in total. The van der Waals surface area contributed by atoms with Gasteiger partial charge in [-0.05, 0) is 18.9 Å². The molecule has 0 fully saturated rings. The molecule has 0 atom stereocenters. The fraction of sp³-hybridized carbons (Fsp3) is 0.778. The molecular weight excluding hydrogens is 296 g/mol. The lowest BCUT2D eigenvalue weighted by atomic mass is 10.1. The van der Waals surface area contributed by atoms with Crippen LogP contribution in [0.4, 0.5) is 0 Å². The standard InChI is InChI=1S/C9H18Br2Si/c1-2-3-4-5-6-7-8-9-12(10)11/h2,12H,1,3-9H2. The average Bonchev–Trinajstić information content (AvgIpc) is 2.02. The molecule has 0 bridgehead atoms. The molecule has 0 heterocycles. The molecule has 72 valence electrons. The van der Waals surface area contributed by atoms with Gasteiger partial charge in [0.1, 0.15) is 0 Å². The largest absolute Gasteiger partial charge is 0.186 e. The summed E-state index contributed by atoms with van der Waals surface area (Å²) in [5, 5.41) is 0. The highest BCUT2D eigenvalue weighted by molar-refractivity contribution is 9.49. The summed E-state index contributed by atoms with van der Waals surface area (Å²) in [7, 11) is 0. The zero-order chi connectivity index (χ0) is 9.23. The predicted octanol–water partition coefficient (Wildman–Crippen LogP) is 4.52. The predicted molar refractivity (Wildman–Crippen MR) is 67.7 cm³/mol. The molecule has 0 rings (SSSR count). The third-order valence-electron chi connectivity index (χ3n) is 1.83. The molecule has 0 unspecified atom stereocenters. The lowest BCUT2D eigenvalue weighted by Crippen LogP contribution is -1.89. The summed E-state index contributed by atoms with van der Waals surface area (Å²) >= 11 is 7.22. The highest BCUT2D eigenvalue weighted by atomic mass is 79.9. The van der Waals surface area contributed by atoms with Gasteiger partial charge in [0.25, 0.3) is 0 Å². The highest BCUT2D eigenvalue weighted by Crippen LogP contribution is 2.15. The zero-order valence-electron chi connectivity index (χ0n) is 7.57. The summed E-state index contributed by atoms with van der Waals surface area (Å²) in [4.78, 5) is 0. The number of halogens is 2. The van der Waals surface area contributed by atoms with Gasteiger partial charge in [-0.15, -0.1) is 37.2 Å². The second-order valence-corrected chi connectivity index (χ2v) is 14.7. The molecule has 0 saturated heterocycles. The Hall–Kier alpha value is 0.917. The van der Waals surface area contributed by atoms with Crippen LogP contribution in [0.25, 0.3) is 0 Å². The Balaban J connectivity index is 2.86. The third-order valence-corrected chi connectivity index (χ3v) is 5.42. The van der Waals surface area contributed by atoms with Crippen LogP contribution in [0.5, 0.6) is 0 Å². The van der Waals surface area contributed by atoms with Crippen LogP contribution in [-0.4, -0.2) is 6.04 Å². The maximum absolute atomic E-state index is 3.71. The Kier molecular flexibility index (Phi) is 10.8. The second kappa shape index (κ2) is 10.0. The van der Waals surface area contributed by atoms with Gasteiger partial charge < -0.3 is 0 Å². The van der Waals surface area contributed by atoms with Crippen molar-refractivity contribution < 1.29 is 0 Å². The van der Waals surface area contributed by atoms with E-state index in [1.807, 2.05) is 6.08 Å².